The van der Waals surface area contributed by atoms with E-state index >= 15 is 0 Å². The molecule has 0 unspecified atom stereocenters. The van der Waals surface area contributed by atoms with Crippen LogP contribution in [0.3, 0.4) is 0 Å². The lowest BCUT2D eigenvalue weighted by Crippen LogP contribution is -2.38. The molecule has 3 rings (SSSR count). The Kier molecular flexibility index (Phi) is 6.43. The molecule has 1 aliphatic rings. The first-order valence-electron chi connectivity index (χ1n) is 9.29. The summed E-state index contributed by atoms with van der Waals surface area (Å²) >= 11 is 11.7. The zero-order chi connectivity index (χ0) is 21.3. The van der Waals surface area contributed by atoms with Gasteiger partial charge in [0.2, 0.25) is 0 Å². The van der Waals surface area contributed by atoms with Gasteiger partial charge in [-0.1, -0.05) is 23.2 Å². The SMILES string of the molecule is Cc1ncc(Cl)cc1C(=O)N[C@H]1CC[C@H](Cn2nc(C(F)(F)F)c(Cl)c2C)CC1. The van der Waals surface area contributed by atoms with Crippen LogP contribution in [-0.2, 0) is 12.7 Å². The van der Waals surface area contributed by atoms with Crippen molar-refractivity contribution < 1.29 is 18.0 Å². The van der Waals surface area contributed by atoms with E-state index in [9.17, 15) is 18.0 Å². The minimum Gasteiger partial charge on any atom is -0.349 e. The number of amides is 1. The largest absolute Gasteiger partial charge is 0.436 e. The number of alkyl halides is 3. The van der Waals surface area contributed by atoms with Crippen LogP contribution < -0.4 is 5.32 Å². The van der Waals surface area contributed by atoms with Crippen molar-refractivity contribution in [2.24, 2.45) is 5.92 Å². The van der Waals surface area contributed by atoms with Crippen LogP contribution >= 0.6 is 23.2 Å². The standard InChI is InChI=1S/C19H21Cl2F3N4O/c1-10-15(7-13(20)8-25-10)18(29)26-14-5-3-12(4-6-14)9-28-11(2)16(21)17(27-28)19(22,23)24/h7-8,12,14H,3-6,9H2,1-2H3,(H,26,29)/t12-,14-. The van der Waals surface area contributed by atoms with E-state index in [1.54, 1.807) is 13.0 Å². The second-order valence-electron chi connectivity index (χ2n) is 7.41. The molecule has 2 aromatic heterocycles. The summed E-state index contributed by atoms with van der Waals surface area (Å²) < 4.78 is 40.3. The number of nitrogens with zero attached hydrogens (tertiary/aromatic N) is 3. The molecule has 1 amide bonds. The van der Waals surface area contributed by atoms with Crippen LogP contribution in [0.4, 0.5) is 13.2 Å². The van der Waals surface area contributed by atoms with Gasteiger partial charge in [-0.25, -0.2) is 0 Å². The van der Waals surface area contributed by atoms with Gasteiger partial charge < -0.3 is 5.32 Å². The van der Waals surface area contributed by atoms with Gasteiger partial charge in [-0.15, -0.1) is 0 Å². The first kappa shape index (κ1) is 21.9. The molecule has 0 radical (unpaired) electrons. The molecule has 0 bridgehead atoms. The summed E-state index contributed by atoms with van der Waals surface area (Å²) in [6.07, 6.45) is -0.0474. The number of carbonyl (C=O) groups is 1. The second kappa shape index (κ2) is 8.52. The number of aromatic nitrogens is 3. The van der Waals surface area contributed by atoms with Gasteiger partial charge >= 0.3 is 6.18 Å². The zero-order valence-corrected chi connectivity index (χ0v) is 17.5. The molecule has 0 aliphatic heterocycles. The molecule has 1 saturated carbocycles. The number of carbonyl (C=O) groups excluding carboxylic acids is 1. The normalized spacial score (nSPS) is 20.0. The topological polar surface area (TPSA) is 59.8 Å². The summed E-state index contributed by atoms with van der Waals surface area (Å²) in [7, 11) is 0. The lowest BCUT2D eigenvalue weighted by Gasteiger charge is -2.29. The summed E-state index contributed by atoms with van der Waals surface area (Å²) in [4.78, 5) is 16.6. The number of hydrogen-bond donors (Lipinski definition) is 1. The molecule has 0 saturated heterocycles. The molecule has 10 heteroatoms. The lowest BCUT2D eigenvalue weighted by molar-refractivity contribution is -0.141. The summed E-state index contributed by atoms with van der Waals surface area (Å²) in [6.45, 7) is 3.66. The van der Waals surface area contributed by atoms with E-state index in [-0.39, 0.29) is 22.9 Å². The molecule has 5 nitrogen and oxygen atoms in total. The number of pyridine rings is 1. The van der Waals surface area contributed by atoms with Gasteiger partial charge in [-0.2, -0.15) is 18.3 Å². The molecule has 0 atom stereocenters. The Labute approximate surface area is 176 Å². The predicted octanol–water partition coefficient (Wildman–Crippen LogP) is 5.21. The average Bonchev–Trinajstić information content (AvgIpc) is 2.94. The quantitative estimate of drug-likeness (QED) is 0.698. The molecule has 29 heavy (non-hydrogen) atoms. The molecule has 0 spiro atoms. The average molecular weight is 449 g/mol. The number of hydrogen-bond acceptors (Lipinski definition) is 3. The van der Waals surface area contributed by atoms with Crippen molar-refractivity contribution in [2.45, 2.75) is 58.3 Å². The van der Waals surface area contributed by atoms with Gasteiger partial charge in [-0.05, 0) is 51.5 Å². The van der Waals surface area contributed by atoms with E-state index in [4.69, 9.17) is 23.2 Å². The van der Waals surface area contributed by atoms with Crippen LogP contribution in [0.1, 0.15) is 53.1 Å². The molecule has 1 N–H and O–H groups in total. The highest BCUT2D eigenvalue weighted by Gasteiger charge is 2.38. The second-order valence-corrected chi connectivity index (χ2v) is 8.22. The van der Waals surface area contributed by atoms with Crippen LogP contribution in [0, 0.1) is 19.8 Å². The van der Waals surface area contributed by atoms with Crippen LogP contribution in [0.25, 0.3) is 0 Å². The van der Waals surface area contributed by atoms with E-state index in [0.29, 0.717) is 28.5 Å². The van der Waals surface area contributed by atoms with E-state index in [2.05, 4.69) is 15.4 Å². The maximum absolute atomic E-state index is 13.0. The maximum atomic E-state index is 13.0. The summed E-state index contributed by atoms with van der Waals surface area (Å²) in [5.41, 5.74) is 0.328. The van der Waals surface area contributed by atoms with Crippen molar-refractivity contribution in [1.82, 2.24) is 20.1 Å². The third kappa shape index (κ3) is 5.04. The molecule has 1 aliphatic carbocycles. The van der Waals surface area contributed by atoms with Gasteiger partial charge in [0.05, 0.1) is 27.0 Å². The van der Waals surface area contributed by atoms with E-state index < -0.39 is 11.9 Å². The third-order valence-electron chi connectivity index (χ3n) is 5.31. The molecule has 158 valence electrons. The van der Waals surface area contributed by atoms with Gasteiger partial charge in [0.15, 0.2) is 5.69 Å². The summed E-state index contributed by atoms with van der Waals surface area (Å²) in [6, 6.07) is 1.60. The van der Waals surface area contributed by atoms with Gasteiger partial charge in [-0.3, -0.25) is 14.5 Å². The smallest absolute Gasteiger partial charge is 0.349 e. The fourth-order valence-corrected chi connectivity index (χ4v) is 4.02. The van der Waals surface area contributed by atoms with Crippen molar-refractivity contribution in [3.63, 3.8) is 0 Å². The number of nitrogens with one attached hydrogen (secondary N) is 1. The fourth-order valence-electron chi connectivity index (χ4n) is 3.62. The number of aryl methyl sites for hydroxylation is 1. The number of rotatable bonds is 4. The molecule has 2 heterocycles. The summed E-state index contributed by atoms with van der Waals surface area (Å²) in [5, 5.41) is 6.73. The van der Waals surface area contributed by atoms with Crippen LogP contribution in [-0.4, -0.2) is 26.7 Å². The minimum atomic E-state index is -4.57. The highest BCUT2D eigenvalue weighted by Crippen LogP contribution is 2.36. The highest BCUT2D eigenvalue weighted by atomic mass is 35.5. The third-order valence-corrected chi connectivity index (χ3v) is 5.97. The van der Waals surface area contributed by atoms with Crippen LogP contribution in [0.15, 0.2) is 12.3 Å². The Hall–Kier alpha value is -1.80. The van der Waals surface area contributed by atoms with Crippen molar-refractivity contribution in [3.8, 4) is 0 Å². The van der Waals surface area contributed by atoms with E-state index in [1.807, 2.05) is 0 Å². The predicted molar refractivity (Wildman–Crippen MR) is 104 cm³/mol. The maximum Gasteiger partial charge on any atom is 0.436 e. The monoisotopic (exact) mass is 448 g/mol. The van der Waals surface area contributed by atoms with Crippen molar-refractivity contribution in [2.75, 3.05) is 0 Å². The Morgan fingerprint density at radius 1 is 1.24 bits per heavy atom. The van der Waals surface area contributed by atoms with Crippen molar-refractivity contribution in [1.29, 1.82) is 0 Å². The Morgan fingerprint density at radius 3 is 2.48 bits per heavy atom. The molecule has 1 fully saturated rings. The lowest BCUT2D eigenvalue weighted by atomic mass is 9.86. The Morgan fingerprint density at radius 2 is 1.90 bits per heavy atom. The Balaban J connectivity index is 1.57. The van der Waals surface area contributed by atoms with Gasteiger partial charge in [0, 0.05) is 18.8 Å². The van der Waals surface area contributed by atoms with E-state index in [0.717, 1.165) is 25.7 Å². The Bertz CT molecular complexity index is 906. The van der Waals surface area contributed by atoms with Gasteiger partial charge in [0.25, 0.3) is 5.91 Å². The number of halogens is 5. The molecular weight excluding hydrogens is 428 g/mol. The summed E-state index contributed by atoms with van der Waals surface area (Å²) in [5.74, 6) is -0.0426. The van der Waals surface area contributed by atoms with Crippen LogP contribution in [0.2, 0.25) is 10.0 Å². The zero-order valence-electron chi connectivity index (χ0n) is 16.0. The highest BCUT2D eigenvalue weighted by molar-refractivity contribution is 6.32. The van der Waals surface area contributed by atoms with Crippen LogP contribution in [0.5, 0.6) is 0 Å². The molecular formula is C19H21Cl2F3N4O. The minimum absolute atomic E-state index is 0.00479. The fraction of sp³-hybridized carbons (Fsp3) is 0.526. The first-order chi connectivity index (χ1) is 13.6. The molecule has 2 aromatic rings. The first-order valence-corrected chi connectivity index (χ1v) is 10.0. The van der Waals surface area contributed by atoms with Crippen molar-refractivity contribution in [3.05, 3.63) is 45.0 Å². The van der Waals surface area contributed by atoms with Gasteiger partial charge in [0.1, 0.15) is 0 Å². The van der Waals surface area contributed by atoms with E-state index in [1.165, 1.54) is 17.8 Å². The van der Waals surface area contributed by atoms with Crippen molar-refractivity contribution >= 4 is 29.1 Å². The molecule has 0 aromatic carbocycles.